The van der Waals surface area contributed by atoms with Gasteiger partial charge in [0.25, 0.3) is 5.91 Å². The predicted molar refractivity (Wildman–Crippen MR) is 107 cm³/mol. The molecule has 0 spiro atoms. The lowest BCUT2D eigenvalue weighted by molar-refractivity contribution is -0.147. The summed E-state index contributed by atoms with van der Waals surface area (Å²) in [6, 6.07) is 16.4. The Morgan fingerprint density at radius 2 is 2.04 bits per heavy atom. The fourth-order valence-electron chi connectivity index (χ4n) is 3.47. The molecular weight excluding hydrogens is 340 g/mol. The van der Waals surface area contributed by atoms with Crippen LogP contribution in [0.5, 0.6) is 5.75 Å². The number of nitrogens with zero attached hydrogens (tertiary/aromatic N) is 1. The summed E-state index contributed by atoms with van der Waals surface area (Å²) in [6.45, 7) is 6.69. The van der Waals surface area contributed by atoms with Gasteiger partial charge in [-0.15, -0.1) is 0 Å². The Bertz CT molecular complexity index is 754. The maximum atomic E-state index is 12.9. The zero-order valence-corrected chi connectivity index (χ0v) is 16.3. The molecule has 3 rings (SSSR count). The first-order valence-electron chi connectivity index (χ1n) is 9.51. The minimum absolute atomic E-state index is 0.00705. The number of likely N-dealkylation sites (N-methyl/N-ethyl adjacent to an activating group) is 1. The number of hydrogen-bond acceptors (Lipinski definition) is 4. The van der Waals surface area contributed by atoms with Crippen LogP contribution in [0.3, 0.4) is 0 Å². The molecule has 2 atom stereocenters. The fraction of sp³-hybridized carbons (Fsp3) is 0.409. The molecule has 1 aliphatic rings. The van der Waals surface area contributed by atoms with Crippen LogP contribution in [0.1, 0.15) is 25.5 Å². The van der Waals surface area contributed by atoms with E-state index in [1.807, 2.05) is 30.0 Å². The van der Waals surface area contributed by atoms with Gasteiger partial charge in [-0.3, -0.25) is 4.79 Å². The highest BCUT2D eigenvalue weighted by molar-refractivity contribution is 5.81. The predicted octanol–water partition coefficient (Wildman–Crippen LogP) is 3.26. The quantitative estimate of drug-likeness (QED) is 0.850. The average Bonchev–Trinajstić information content (AvgIpc) is 2.75. The zero-order valence-electron chi connectivity index (χ0n) is 16.3. The third kappa shape index (κ3) is 4.49. The van der Waals surface area contributed by atoms with E-state index >= 15 is 0 Å². The summed E-state index contributed by atoms with van der Waals surface area (Å²) >= 11 is 0. The molecule has 1 aliphatic heterocycles. The van der Waals surface area contributed by atoms with Gasteiger partial charge >= 0.3 is 0 Å². The van der Waals surface area contributed by atoms with Gasteiger partial charge in [0.2, 0.25) is 0 Å². The number of benzene rings is 2. The highest BCUT2D eigenvalue weighted by atomic mass is 16.5. The van der Waals surface area contributed by atoms with Crippen molar-refractivity contribution in [3.8, 4) is 16.9 Å². The maximum absolute atomic E-state index is 12.9. The lowest BCUT2D eigenvalue weighted by atomic mass is 10.00. The smallest absolute Gasteiger partial charge is 0.253 e. The van der Waals surface area contributed by atoms with Gasteiger partial charge in [0.15, 0.2) is 0 Å². The fourth-order valence-corrected chi connectivity index (χ4v) is 3.47. The van der Waals surface area contributed by atoms with Crippen LogP contribution in [0.4, 0.5) is 0 Å². The van der Waals surface area contributed by atoms with Crippen LogP contribution in [0, 0.1) is 0 Å². The monoisotopic (exact) mass is 368 g/mol. The van der Waals surface area contributed by atoms with Crippen LogP contribution in [-0.4, -0.2) is 50.3 Å². The number of amides is 1. The van der Waals surface area contributed by atoms with Crippen molar-refractivity contribution >= 4 is 5.91 Å². The Balaban J connectivity index is 1.75. The normalized spacial score (nSPS) is 18.0. The Labute approximate surface area is 161 Å². The van der Waals surface area contributed by atoms with E-state index in [2.05, 4.69) is 42.6 Å². The van der Waals surface area contributed by atoms with Gasteiger partial charge < -0.3 is 19.7 Å². The standard InChI is InChI=1S/C22H28N2O3/c1-4-24(22(25)21-15-23-12-13-27-21)16(2)17-8-10-18(11-9-17)19-6-5-7-20(14-19)26-3/h5-11,14,16,21,23H,4,12-13,15H2,1-3H3. The van der Waals surface area contributed by atoms with Gasteiger partial charge in [-0.05, 0) is 42.7 Å². The summed E-state index contributed by atoms with van der Waals surface area (Å²) < 4.78 is 10.9. The summed E-state index contributed by atoms with van der Waals surface area (Å²) in [6.07, 6.45) is -0.391. The third-order valence-electron chi connectivity index (χ3n) is 5.09. The van der Waals surface area contributed by atoms with Crippen molar-refractivity contribution in [2.24, 2.45) is 0 Å². The molecule has 0 radical (unpaired) electrons. The van der Waals surface area contributed by atoms with E-state index in [9.17, 15) is 4.79 Å². The van der Waals surface area contributed by atoms with E-state index in [4.69, 9.17) is 9.47 Å². The molecule has 0 saturated carbocycles. The molecular formula is C22H28N2O3. The average molecular weight is 368 g/mol. The van der Waals surface area contributed by atoms with Crippen molar-refractivity contribution in [3.05, 3.63) is 54.1 Å². The first-order chi connectivity index (χ1) is 13.1. The summed E-state index contributed by atoms with van der Waals surface area (Å²) in [7, 11) is 1.67. The van der Waals surface area contributed by atoms with Gasteiger partial charge in [0, 0.05) is 19.6 Å². The van der Waals surface area contributed by atoms with Crippen molar-refractivity contribution in [2.45, 2.75) is 26.0 Å². The summed E-state index contributed by atoms with van der Waals surface area (Å²) in [5.74, 6) is 0.892. The number of methoxy groups -OCH3 is 1. The molecule has 0 aliphatic carbocycles. The molecule has 2 unspecified atom stereocenters. The number of morpholine rings is 1. The highest BCUT2D eigenvalue weighted by Crippen LogP contribution is 2.27. The lowest BCUT2D eigenvalue weighted by Crippen LogP contribution is -2.49. The molecule has 5 heteroatoms. The van der Waals surface area contributed by atoms with Gasteiger partial charge in [0.1, 0.15) is 11.9 Å². The minimum Gasteiger partial charge on any atom is -0.497 e. The van der Waals surface area contributed by atoms with E-state index in [0.717, 1.165) is 29.0 Å². The van der Waals surface area contributed by atoms with Crippen molar-refractivity contribution in [3.63, 3.8) is 0 Å². The van der Waals surface area contributed by atoms with Gasteiger partial charge in [0.05, 0.1) is 19.8 Å². The number of rotatable bonds is 6. The van der Waals surface area contributed by atoms with E-state index in [1.54, 1.807) is 7.11 Å². The van der Waals surface area contributed by atoms with Crippen LogP contribution >= 0.6 is 0 Å². The first-order valence-corrected chi connectivity index (χ1v) is 9.51. The third-order valence-corrected chi connectivity index (χ3v) is 5.09. The number of hydrogen-bond donors (Lipinski definition) is 1. The van der Waals surface area contributed by atoms with E-state index in [-0.39, 0.29) is 11.9 Å². The highest BCUT2D eigenvalue weighted by Gasteiger charge is 2.29. The molecule has 0 aromatic heterocycles. The SMILES string of the molecule is CCN(C(=O)C1CNCCO1)C(C)c1ccc(-c2cccc(OC)c2)cc1. The topological polar surface area (TPSA) is 50.8 Å². The Hall–Kier alpha value is -2.37. The Morgan fingerprint density at radius 1 is 1.26 bits per heavy atom. The molecule has 1 saturated heterocycles. The molecule has 5 nitrogen and oxygen atoms in total. The molecule has 1 fully saturated rings. The lowest BCUT2D eigenvalue weighted by Gasteiger charge is -2.33. The first kappa shape index (κ1) is 19.4. The Kier molecular flexibility index (Phi) is 6.48. The van der Waals surface area contributed by atoms with Crippen molar-refractivity contribution in [2.75, 3.05) is 33.4 Å². The largest absolute Gasteiger partial charge is 0.497 e. The molecule has 1 N–H and O–H groups in total. The Morgan fingerprint density at radius 3 is 2.67 bits per heavy atom. The second-order valence-electron chi connectivity index (χ2n) is 6.72. The number of ether oxygens (including phenoxy) is 2. The molecule has 2 aromatic carbocycles. The molecule has 27 heavy (non-hydrogen) atoms. The van der Waals surface area contributed by atoms with Crippen LogP contribution in [0.15, 0.2) is 48.5 Å². The number of carbonyl (C=O) groups is 1. The van der Waals surface area contributed by atoms with Crippen molar-refractivity contribution in [1.82, 2.24) is 10.2 Å². The van der Waals surface area contributed by atoms with Crippen LogP contribution in [0.25, 0.3) is 11.1 Å². The molecule has 1 heterocycles. The second kappa shape index (κ2) is 9.02. The summed E-state index contributed by atoms with van der Waals surface area (Å²) in [4.78, 5) is 14.7. The maximum Gasteiger partial charge on any atom is 0.253 e. The summed E-state index contributed by atoms with van der Waals surface area (Å²) in [5.41, 5.74) is 3.35. The van der Waals surface area contributed by atoms with E-state index in [0.29, 0.717) is 19.7 Å². The second-order valence-corrected chi connectivity index (χ2v) is 6.72. The zero-order chi connectivity index (χ0) is 19.2. The van der Waals surface area contributed by atoms with Crippen LogP contribution in [0.2, 0.25) is 0 Å². The van der Waals surface area contributed by atoms with E-state index < -0.39 is 6.10 Å². The molecule has 1 amide bonds. The molecule has 144 valence electrons. The van der Waals surface area contributed by atoms with Gasteiger partial charge in [-0.25, -0.2) is 0 Å². The summed E-state index contributed by atoms with van der Waals surface area (Å²) in [5, 5.41) is 3.23. The van der Waals surface area contributed by atoms with Gasteiger partial charge in [-0.2, -0.15) is 0 Å². The van der Waals surface area contributed by atoms with Crippen molar-refractivity contribution < 1.29 is 14.3 Å². The van der Waals surface area contributed by atoms with Crippen molar-refractivity contribution in [1.29, 1.82) is 0 Å². The van der Waals surface area contributed by atoms with Crippen LogP contribution < -0.4 is 10.1 Å². The molecule has 2 aromatic rings. The van der Waals surface area contributed by atoms with E-state index in [1.165, 1.54) is 0 Å². The molecule has 0 bridgehead atoms. The number of nitrogens with one attached hydrogen (secondary N) is 1. The van der Waals surface area contributed by atoms with Crippen LogP contribution in [-0.2, 0) is 9.53 Å². The van der Waals surface area contributed by atoms with Gasteiger partial charge in [-0.1, -0.05) is 36.4 Å². The minimum atomic E-state index is -0.391. The number of carbonyl (C=O) groups excluding carboxylic acids is 1.